The van der Waals surface area contributed by atoms with Gasteiger partial charge in [0.2, 0.25) is 18.1 Å². The van der Waals surface area contributed by atoms with Crippen LogP contribution >= 0.6 is 0 Å². The lowest BCUT2D eigenvalue weighted by atomic mass is 10.1. The third-order valence-corrected chi connectivity index (χ3v) is 3.36. The summed E-state index contributed by atoms with van der Waals surface area (Å²) >= 11 is 0. The summed E-state index contributed by atoms with van der Waals surface area (Å²) in [5.74, 6) is -0.0638. The zero-order valence-electron chi connectivity index (χ0n) is 13.5. The number of amides is 1. The van der Waals surface area contributed by atoms with E-state index in [0.29, 0.717) is 19.4 Å². The summed E-state index contributed by atoms with van der Waals surface area (Å²) in [5, 5.41) is 2.76. The SMILES string of the molecule is CCCCCCCC(=O)NC(CCCCCN=C=O)N=C=O. The van der Waals surface area contributed by atoms with Gasteiger partial charge in [-0.05, 0) is 25.7 Å². The largest absolute Gasteiger partial charge is 0.334 e. The Labute approximate surface area is 132 Å². The van der Waals surface area contributed by atoms with Crippen molar-refractivity contribution in [1.29, 1.82) is 0 Å². The van der Waals surface area contributed by atoms with Crippen LogP contribution in [0.2, 0.25) is 0 Å². The average Bonchev–Trinajstić information content (AvgIpc) is 2.50. The lowest BCUT2D eigenvalue weighted by Gasteiger charge is -2.12. The van der Waals surface area contributed by atoms with Gasteiger partial charge >= 0.3 is 0 Å². The van der Waals surface area contributed by atoms with Gasteiger partial charge in [0, 0.05) is 6.42 Å². The topological polar surface area (TPSA) is 88.0 Å². The Morgan fingerprint density at radius 3 is 2.41 bits per heavy atom. The number of carbonyl (C=O) groups is 1. The highest BCUT2D eigenvalue weighted by Crippen LogP contribution is 2.07. The van der Waals surface area contributed by atoms with E-state index in [1.165, 1.54) is 25.0 Å². The Balaban J connectivity index is 3.84. The number of nitrogens with one attached hydrogen (secondary N) is 1. The molecule has 6 nitrogen and oxygen atoms in total. The maximum atomic E-state index is 11.8. The van der Waals surface area contributed by atoms with E-state index >= 15 is 0 Å². The van der Waals surface area contributed by atoms with E-state index < -0.39 is 6.17 Å². The second-order valence-electron chi connectivity index (χ2n) is 5.29. The average molecular weight is 309 g/mol. The number of isocyanates is 2. The number of carbonyl (C=O) groups excluding carboxylic acids is 3. The Bertz CT molecular complexity index is 386. The first kappa shape index (κ1) is 20.2. The molecule has 0 aliphatic heterocycles. The van der Waals surface area contributed by atoms with E-state index in [-0.39, 0.29) is 5.91 Å². The number of nitrogens with zero attached hydrogens (tertiary/aromatic N) is 2. The van der Waals surface area contributed by atoms with Crippen LogP contribution in [-0.2, 0) is 14.4 Å². The normalized spacial score (nSPS) is 11.1. The van der Waals surface area contributed by atoms with Gasteiger partial charge in [-0.1, -0.05) is 39.0 Å². The molecule has 0 aliphatic rings. The molecule has 0 fully saturated rings. The number of unbranched alkanes of at least 4 members (excludes halogenated alkanes) is 6. The molecule has 0 aromatic carbocycles. The third-order valence-electron chi connectivity index (χ3n) is 3.36. The van der Waals surface area contributed by atoms with Crippen molar-refractivity contribution in [3.63, 3.8) is 0 Å². The summed E-state index contributed by atoms with van der Waals surface area (Å²) in [6.07, 6.45) is 11.5. The molecule has 1 unspecified atom stereocenters. The second-order valence-corrected chi connectivity index (χ2v) is 5.29. The summed E-state index contributed by atoms with van der Waals surface area (Å²) in [7, 11) is 0. The highest BCUT2D eigenvalue weighted by molar-refractivity contribution is 5.76. The molecule has 0 rings (SSSR count). The molecule has 6 heteroatoms. The van der Waals surface area contributed by atoms with Crippen LogP contribution in [0.3, 0.4) is 0 Å². The molecule has 0 spiro atoms. The van der Waals surface area contributed by atoms with Crippen LogP contribution in [0.1, 0.15) is 71.1 Å². The maximum Gasteiger partial charge on any atom is 0.237 e. The van der Waals surface area contributed by atoms with E-state index in [1.54, 1.807) is 0 Å². The van der Waals surface area contributed by atoms with Gasteiger partial charge < -0.3 is 5.32 Å². The molecule has 1 atom stereocenters. The molecule has 1 N–H and O–H groups in total. The number of rotatable bonds is 14. The minimum atomic E-state index is -0.491. The second kappa shape index (κ2) is 15.6. The first-order valence-electron chi connectivity index (χ1n) is 8.14. The van der Waals surface area contributed by atoms with E-state index in [0.717, 1.165) is 38.5 Å². The van der Waals surface area contributed by atoms with Crippen molar-refractivity contribution in [1.82, 2.24) is 5.32 Å². The molecule has 22 heavy (non-hydrogen) atoms. The van der Waals surface area contributed by atoms with Crippen molar-refractivity contribution in [3.05, 3.63) is 0 Å². The molecular formula is C16H27N3O3. The predicted molar refractivity (Wildman–Crippen MR) is 84.9 cm³/mol. The van der Waals surface area contributed by atoms with Crippen molar-refractivity contribution in [2.75, 3.05) is 6.54 Å². The first-order valence-corrected chi connectivity index (χ1v) is 8.14. The predicted octanol–water partition coefficient (Wildman–Crippen LogP) is 3.02. The first-order chi connectivity index (χ1) is 10.7. The van der Waals surface area contributed by atoms with Crippen LogP contribution in [0.15, 0.2) is 9.98 Å². The fourth-order valence-electron chi connectivity index (χ4n) is 2.13. The van der Waals surface area contributed by atoms with Gasteiger partial charge in [-0.25, -0.2) is 14.6 Å². The van der Waals surface area contributed by atoms with E-state index in [2.05, 4.69) is 22.2 Å². The number of hydrogen-bond donors (Lipinski definition) is 1. The standard InChI is InChI=1S/C16H27N3O3/c1-2-3-4-5-8-11-16(22)19-15(18-14-21)10-7-6-9-12-17-13-20/h15H,2-12H2,1H3,(H,19,22). The monoisotopic (exact) mass is 309 g/mol. The number of hydrogen-bond acceptors (Lipinski definition) is 5. The molecule has 0 bridgehead atoms. The molecule has 0 aromatic heterocycles. The van der Waals surface area contributed by atoms with Gasteiger partial charge in [-0.3, -0.25) is 4.79 Å². The smallest absolute Gasteiger partial charge is 0.237 e. The van der Waals surface area contributed by atoms with Crippen molar-refractivity contribution in [2.45, 2.75) is 77.3 Å². The van der Waals surface area contributed by atoms with Gasteiger partial charge in [0.1, 0.15) is 6.17 Å². The van der Waals surface area contributed by atoms with Gasteiger partial charge in [0.15, 0.2) is 0 Å². The summed E-state index contributed by atoms with van der Waals surface area (Å²) in [6, 6.07) is 0. The minimum absolute atomic E-state index is 0.0638. The fourth-order valence-corrected chi connectivity index (χ4v) is 2.13. The van der Waals surface area contributed by atoms with Crippen molar-refractivity contribution >= 4 is 18.1 Å². The molecule has 0 aliphatic carbocycles. The lowest BCUT2D eigenvalue weighted by Crippen LogP contribution is -2.33. The molecule has 0 heterocycles. The summed E-state index contributed by atoms with van der Waals surface area (Å²) in [4.78, 5) is 39.2. The summed E-state index contributed by atoms with van der Waals surface area (Å²) in [6.45, 7) is 2.62. The van der Waals surface area contributed by atoms with Crippen molar-refractivity contribution in [2.24, 2.45) is 9.98 Å². The highest BCUT2D eigenvalue weighted by Gasteiger charge is 2.10. The van der Waals surface area contributed by atoms with Crippen LogP contribution < -0.4 is 5.32 Å². The zero-order chi connectivity index (χ0) is 16.5. The van der Waals surface area contributed by atoms with Crippen molar-refractivity contribution < 1.29 is 14.4 Å². The van der Waals surface area contributed by atoms with Crippen LogP contribution in [0.5, 0.6) is 0 Å². The van der Waals surface area contributed by atoms with Gasteiger partial charge in [-0.2, -0.15) is 4.99 Å². The molecule has 0 aromatic rings. The maximum absolute atomic E-state index is 11.8. The quantitative estimate of drug-likeness (QED) is 0.304. The molecule has 0 radical (unpaired) electrons. The van der Waals surface area contributed by atoms with E-state index in [9.17, 15) is 14.4 Å². The molecule has 0 saturated heterocycles. The molecule has 1 amide bonds. The van der Waals surface area contributed by atoms with Gasteiger partial charge in [-0.15, -0.1) is 0 Å². The van der Waals surface area contributed by atoms with Crippen molar-refractivity contribution in [3.8, 4) is 0 Å². The molecular weight excluding hydrogens is 282 g/mol. The summed E-state index contributed by atoms with van der Waals surface area (Å²) in [5.41, 5.74) is 0. The Morgan fingerprint density at radius 2 is 1.73 bits per heavy atom. The van der Waals surface area contributed by atoms with E-state index in [4.69, 9.17) is 0 Å². The lowest BCUT2D eigenvalue weighted by molar-refractivity contribution is -0.121. The Morgan fingerprint density at radius 1 is 1.00 bits per heavy atom. The molecule has 0 saturated carbocycles. The molecule has 124 valence electrons. The highest BCUT2D eigenvalue weighted by atomic mass is 16.2. The Kier molecular flexibility index (Phi) is 14.4. The van der Waals surface area contributed by atoms with Crippen LogP contribution in [0.4, 0.5) is 0 Å². The number of aliphatic imine (C=N–C) groups is 2. The van der Waals surface area contributed by atoms with Crippen LogP contribution in [-0.4, -0.2) is 30.8 Å². The fraction of sp³-hybridized carbons (Fsp3) is 0.812. The van der Waals surface area contributed by atoms with E-state index in [1.807, 2.05) is 0 Å². The van der Waals surface area contributed by atoms with Gasteiger partial charge in [0.05, 0.1) is 6.54 Å². The third kappa shape index (κ3) is 13.2. The Hall–Kier alpha value is -1.77. The van der Waals surface area contributed by atoms with Gasteiger partial charge in [0.25, 0.3) is 0 Å². The zero-order valence-corrected chi connectivity index (χ0v) is 13.5. The minimum Gasteiger partial charge on any atom is -0.334 e. The summed E-state index contributed by atoms with van der Waals surface area (Å²) < 4.78 is 0. The van der Waals surface area contributed by atoms with Crippen LogP contribution in [0, 0.1) is 0 Å². The van der Waals surface area contributed by atoms with Crippen LogP contribution in [0.25, 0.3) is 0 Å².